The summed E-state index contributed by atoms with van der Waals surface area (Å²) < 4.78 is 26.6. The lowest BCUT2D eigenvalue weighted by atomic mass is 9.98. The average Bonchev–Trinajstić information content (AvgIpc) is 2.91. The van der Waals surface area contributed by atoms with Crippen LogP contribution in [0.3, 0.4) is 0 Å². The van der Waals surface area contributed by atoms with Crippen LogP contribution in [0.25, 0.3) is 0 Å². The third-order valence-electron chi connectivity index (χ3n) is 6.25. The number of ether oxygens (including phenoxy) is 5. The molecule has 0 aliphatic heterocycles. The van der Waals surface area contributed by atoms with E-state index in [9.17, 15) is 19.2 Å². The van der Waals surface area contributed by atoms with Crippen LogP contribution in [0.5, 0.6) is 11.5 Å². The molecule has 1 fully saturated rings. The van der Waals surface area contributed by atoms with Crippen molar-refractivity contribution in [2.75, 3.05) is 6.61 Å². The number of esters is 3. The van der Waals surface area contributed by atoms with Gasteiger partial charge in [-0.3, -0.25) is 14.4 Å². The Morgan fingerprint density at radius 2 is 1.54 bits per heavy atom. The predicted molar refractivity (Wildman–Crippen MR) is 143 cm³/mol. The highest BCUT2D eigenvalue weighted by molar-refractivity contribution is 5.77. The second-order valence-corrected chi connectivity index (χ2v) is 9.93. The number of hydrogen-bond acceptors (Lipinski definition) is 10. The SMILES string of the molecule is CCCCC(=O)Oc1ccc(C[C@H](N)C(=O)O[C@@H](C)COC(=O)OC2CCCCC2)cc1OC(=O)CCCC. The summed E-state index contributed by atoms with van der Waals surface area (Å²) in [6, 6.07) is 3.68. The van der Waals surface area contributed by atoms with Gasteiger partial charge in [-0.2, -0.15) is 0 Å². The Labute approximate surface area is 230 Å². The Morgan fingerprint density at radius 1 is 0.923 bits per heavy atom. The van der Waals surface area contributed by atoms with Gasteiger partial charge < -0.3 is 29.4 Å². The summed E-state index contributed by atoms with van der Waals surface area (Å²) in [7, 11) is 0. The van der Waals surface area contributed by atoms with Crippen molar-refractivity contribution in [2.24, 2.45) is 5.73 Å². The Bertz CT molecular complexity index is 943. The van der Waals surface area contributed by atoms with Crippen molar-refractivity contribution in [3.63, 3.8) is 0 Å². The summed E-state index contributed by atoms with van der Waals surface area (Å²) in [4.78, 5) is 48.9. The normalized spacial score (nSPS) is 15.1. The summed E-state index contributed by atoms with van der Waals surface area (Å²) in [6.07, 6.45) is 6.82. The van der Waals surface area contributed by atoms with Gasteiger partial charge in [0, 0.05) is 12.8 Å². The van der Waals surface area contributed by atoms with Crippen molar-refractivity contribution >= 4 is 24.1 Å². The van der Waals surface area contributed by atoms with Crippen LogP contribution in [0.1, 0.15) is 97.0 Å². The summed E-state index contributed by atoms with van der Waals surface area (Å²) in [6.45, 7) is 5.37. The molecule has 0 amide bonds. The van der Waals surface area contributed by atoms with E-state index in [0.29, 0.717) is 18.4 Å². The Kier molecular flexibility index (Phi) is 14.3. The van der Waals surface area contributed by atoms with Gasteiger partial charge in [0.1, 0.15) is 24.9 Å². The molecule has 1 aromatic rings. The van der Waals surface area contributed by atoms with E-state index >= 15 is 0 Å². The van der Waals surface area contributed by atoms with Gasteiger partial charge >= 0.3 is 24.1 Å². The van der Waals surface area contributed by atoms with Gasteiger partial charge in [-0.1, -0.05) is 39.2 Å². The molecule has 0 radical (unpaired) electrons. The number of nitrogens with two attached hydrogens (primary N) is 1. The topological polar surface area (TPSA) is 140 Å². The third kappa shape index (κ3) is 12.5. The van der Waals surface area contributed by atoms with Crippen molar-refractivity contribution < 1.29 is 42.9 Å². The molecule has 1 aromatic carbocycles. The molecule has 2 atom stereocenters. The van der Waals surface area contributed by atoms with E-state index in [4.69, 9.17) is 29.4 Å². The Hall–Kier alpha value is -3.14. The lowest BCUT2D eigenvalue weighted by Gasteiger charge is -2.22. The van der Waals surface area contributed by atoms with E-state index in [1.807, 2.05) is 13.8 Å². The number of benzene rings is 1. The molecule has 1 aliphatic carbocycles. The van der Waals surface area contributed by atoms with Crippen molar-refractivity contribution in [3.8, 4) is 11.5 Å². The lowest BCUT2D eigenvalue weighted by molar-refractivity contribution is -0.152. The van der Waals surface area contributed by atoms with Crippen LogP contribution in [-0.2, 0) is 35.0 Å². The third-order valence-corrected chi connectivity index (χ3v) is 6.25. The molecule has 39 heavy (non-hydrogen) atoms. The van der Waals surface area contributed by atoms with E-state index in [1.54, 1.807) is 13.0 Å². The molecule has 10 heteroatoms. The molecule has 0 unspecified atom stereocenters. The van der Waals surface area contributed by atoms with E-state index in [1.165, 1.54) is 12.1 Å². The van der Waals surface area contributed by atoms with Crippen LogP contribution in [0.15, 0.2) is 18.2 Å². The standard InChI is InChI=1S/C29H43NO9/c1-4-6-13-26(31)38-24-16-15-21(18-25(24)39-27(32)14-7-5-2)17-23(30)28(33)36-20(3)19-35-29(34)37-22-11-9-8-10-12-22/h15-16,18,20,22-23H,4-14,17,19,30H2,1-3H3/t20-,23-/m0/s1. The fourth-order valence-electron chi connectivity index (χ4n) is 4.03. The van der Waals surface area contributed by atoms with E-state index < -0.39 is 36.2 Å². The van der Waals surface area contributed by atoms with Crippen molar-refractivity contribution in [3.05, 3.63) is 23.8 Å². The van der Waals surface area contributed by atoms with Crippen LogP contribution < -0.4 is 15.2 Å². The number of carbonyl (C=O) groups excluding carboxylic acids is 4. The van der Waals surface area contributed by atoms with Crippen molar-refractivity contribution in [1.82, 2.24) is 0 Å². The maximum atomic E-state index is 12.5. The van der Waals surface area contributed by atoms with Crippen molar-refractivity contribution in [1.29, 1.82) is 0 Å². The van der Waals surface area contributed by atoms with Gasteiger partial charge in [0.15, 0.2) is 11.5 Å². The maximum Gasteiger partial charge on any atom is 0.508 e. The van der Waals surface area contributed by atoms with Gasteiger partial charge in [-0.05, 0) is 69.6 Å². The molecule has 0 bridgehead atoms. The zero-order valence-electron chi connectivity index (χ0n) is 23.4. The maximum absolute atomic E-state index is 12.5. The fourth-order valence-corrected chi connectivity index (χ4v) is 4.03. The van der Waals surface area contributed by atoms with E-state index in [0.717, 1.165) is 44.9 Å². The van der Waals surface area contributed by atoms with Crippen LogP contribution in [-0.4, -0.2) is 48.9 Å². The summed E-state index contributed by atoms with van der Waals surface area (Å²) >= 11 is 0. The molecule has 218 valence electrons. The lowest BCUT2D eigenvalue weighted by Crippen LogP contribution is -2.37. The highest BCUT2D eigenvalue weighted by atomic mass is 16.7. The van der Waals surface area contributed by atoms with Crippen LogP contribution in [0.4, 0.5) is 4.79 Å². The molecule has 0 saturated heterocycles. The minimum atomic E-state index is -1.02. The fraction of sp³-hybridized carbons (Fsp3) is 0.655. The van der Waals surface area contributed by atoms with Crippen LogP contribution >= 0.6 is 0 Å². The molecule has 0 heterocycles. The average molecular weight is 550 g/mol. The Morgan fingerprint density at radius 3 is 2.15 bits per heavy atom. The molecule has 2 rings (SSSR count). The monoisotopic (exact) mass is 549 g/mol. The largest absolute Gasteiger partial charge is 0.508 e. The number of unbranched alkanes of at least 4 members (excludes halogenated alkanes) is 2. The van der Waals surface area contributed by atoms with Gasteiger partial charge in [0.2, 0.25) is 0 Å². The first-order chi connectivity index (χ1) is 18.7. The van der Waals surface area contributed by atoms with Crippen LogP contribution in [0, 0.1) is 0 Å². The second kappa shape index (κ2) is 17.4. The minimum Gasteiger partial charge on any atom is -0.458 e. The quantitative estimate of drug-likeness (QED) is 0.230. The molecule has 0 aromatic heterocycles. The molecular weight excluding hydrogens is 506 g/mol. The first-order valence-corrected chi connectivity index (χ1v) is 14.1. The summed E-state index contributed by atoms with van der Waals surface area (Å²) in [5.41, 5.74) is 6.66. The molecule has 1 saturated carbocycles. The molecular formula is C29H43NO9. The molecule has 2 N–H and O–H groups in total. The summed E-state index contributed by atoms with van der Waals surface area (Å²) in [5, 5.41) is 0. The molecule has 0 spiro atoms. The van der Waals surface area contributed by atoms with Gasteiger partial charge in [-0.25, -0.2) is 4.79 Å². The zero-order valence-corrected chi connectivity index (χ0v) is 23.4. The first kappa shape index (κ1) is 32.1. The Balaban J connectivity index is 1.92. The predicted octanol–water partition coefficient (Wildman–Crippen LogP) is 5.17. The van der Waals surface area contributed by atoms with E-state index in [2.05, 4.69) is 0 Å². The second-order valence-electron chi connectivity index (χ2n) is 9.93. The first-order valence-electron chi connectivity index (χ1n) is 14.1. The van der Waals surface area contributed by atoms with Gasteiger partial charge in [0.05, 0.1) is 0 Å². The zero-order chi connectivity index (χ0) is 28.6. The number of hydrogen-bond donors (Lipinski definition) is 1. The number of carbonyl (C=O) groups is 4. The highest BCUT2D eigenvalue weighted by Crippen LogP contribution is 2.30. The van der Waals surface area contributed by atoms with Gasteiger partial charge in [0.25, 0.3) is 0 Å². The van der Waals surface area contributed by atoms with Crippen molar-refractivity contribution in [2.45, 2.75) is 116 Å². The smallest absolute Gasteiger partial charge is 0.458 e. The van der Waals surface area contributed by atoms with E-state index in [-0.39, 0.29) is 43.5 Å². The number of rotatable bonds is 15. The molecule has 1 aliphatic rings. The van der Waals surface area contributed by atoms with Gasteiger partial charge in [-0.15, -0.1) is 0 Å². The summed E-state index contributed by atoms with van der Waals surface area (Å²) in [5.74, 6) is -1.32. The minimum absolute atomic E-state index is 0.0830. The molecule has 10 nitrogen and oxygen atoms in total. The highest BCUT2D eigenvalue weighted by Gasteiger charge is 2.23. The van der Waals surface area contributed by atoms with Crippen LogP contribution in [0.2, 0.25) is 0 Å².